The van der Waals surface area contributed by atoms with Gasteiger partial charge in [-0.2, -0.15) is 0 Å². The molecule has 0 bridgehead atoms. The Morgan fingerprint density at radius 2 is 1.27 bits per heavy atom. The lowest BCUT2D eigenvalue weighted by Gasteiger charge is -2.32. The van der Waals surface area contributed by atoms with Crippen molar-refractivity contribution in [1.29, 1.82) is 0 Å². The van der Waals surface area contributed by atoms with Gasteiger partial charge in [0.1, 0.15) is 5.60 Å². The summed E-state index contributed by atoms with van der Waals surface area (Å²) in [7, 11) is 0. The van der Waals surface area contributed by atoms with E-state index >= 15 is 0 Å². The van der Waals surface area contributed by atoms with Crippen LogP contribution in [0.1, 0.15) is 167 Å². The van der Waals surface area contributed by atoms with E-state index < -0.39 is 5.60 Å². The summed E-state index contributed by atoms with van der Waals surface area (Å²) in [6, 6.07) is 2.54. The number of nitrogens with zero attached hydrogens (tertiary/aromatic N) is 1. The molecule has 6 radical (unpaired) electrons. The van der Waals surface area contributed by atoms with E-state index in [1.54, 1.807) is 0 Å². The van der Waals surface area contributed by atoms with E-state index in [2.05, 4.69) is 39.7 Å². The molecule has 4 aliphatic rings. The van der Waals surface area contributed by atoms with E-state index in [-0.39, 0.29) is 22.9 Å². The fourth-order valence-corrected chi connectivity index (χ4v) is 7.17. The summed E-state index contributed by atoms with van der Waals surface area (Å²) in [4.78, 5) is 14.6. The highest BCUT2D eigenvalue weighted by Gasteiger charge is 2.44. The zero-order valence-corrected chi connectivity index (χ0v) is 31.8. The Kier molecular flexibility index (Phi) is 33.8. The number of amides is 1. The lowest BCUT2D eigenvalue weighted by Crippen LogP contribution is -2.45. The summed E-state index contributed by atoms with van der Waals surface area (Å²) < 4.78 is 6.65. The van der Waals surface area contributed by atoms with Gasteiger partial charge in [0.15, 0.2) is 0 Å². The molecule has 4 fully saturated rings. The Bertz CT molecular complexity index is 563. The number of rotatable bonds is 2. The minimum absolute atomic E-state index is 0. The molecule has 41 heavy (non-hydrogen) atoms. The Morgan fingerprint density at radius 1 is 0.780 bits per heavy atom. The smallest absolute Gasteiger partial charge is 0.410 e. The van der Waals surface area contributed by atoms with E-state index in [4.69, 9.17) is 4.74 Å². The fourth-order valence-electron chi connectivity index (χ4n) is 6.38. The third kappa shape index (κ3) is 17.8. The summed E-state index contributed by atoms with van der Waals surface area (Å²) in [5.74, 6) is 1.73. The molecule has 2 heterocycles. The maximum absolute atomic E-state index is 12.5. The molecule has 2 aliphatic carbocycles. The van der Waals surface area contributed by atoms with Crippen LogP contribution in [0.25, 0.3) is 0 Å². The molecule has 4 rings (SSSR count). The van der Waals surface area contributed by atoms with E-state index in [1.165, 1.54) is 77.0 Å². The molecule has 4 nitrogen and oxygen atoms in total. The molecule has 2 unspecified atom stereocenters. The number of fused-ring (bicyclic) bond motifs is 2. The van der Waals surface area contributed by atoms with Gasteiger partial charge < -0.3 is 15.0 Å². The predicted octanol–water partition coefficient (Wildman–Crippen LogP) is 10.4. The molecule has 7 heteroatoms. The van der Waals surface area contributed by atoms with Crippen molar-refractivity contribution in [2.24, 2.45) is 11.8 Å². The maximum atomic E-state index is 12.5. The average Bonchev–Trinajstić information content (AvgIpc) is 3.34. The number of halogens is 1. The minimum atomic E-state index is -0.393. The Hall–Kier alpha value is 0.0899. The highest BCUT2D eigenvalue weighted by molar-refractivity contribution is 14.1. The normalized spacial score (nSPS) is 27.7. The van der Waals surface area contributed by atoms with Crippen LogP contribution in [0.4, 0.5) is 4.79 Å². The summed E-state index contributed by atoms with van der Waals surface area (Å²) >= 11 is 2.41. The van der Waals surface area contributed by atoms with Crippen LogP contribution in [-0.4, -0.2) is 62.0 Å². The van der Waals surface area contributed by atoms with Crippen molar-refractivity contribution < 1.29 is 9.53 Å². The molecule has 0 aromatic rings. The number of hydrogen-bond donors (Lipinski definition) is 1. The Morgan fingerprint density at radius 3 is 1.76 bits per heavy atom. The largest absolute Gasteiger partial charge is 0.444 e. The van der Waals surface area contributed by atoms with Crippen molar-refractivity contribution >= 4 is 45.5 Å². The summed E-state index contributed by atoms with van der Waals surface area (Å²) in [6.45, 7) is 24.2. The second kappa shape index (κ2) is 28.8. The molecule has 0 aromatic heterocycles. The second-order valence-corrected chi connectivity index (χ2v) is 12.3. The van der Waals surface area contributed by atoms with Crippen LogP contribution in [0.3, 0.4) is 0 Å². The molecule has 0 aromatic carbocycles. The van der Waals surface area contributed by atoms with Gasteiger partial charge in [-0.3, -0.25) is 0 Å². The van der Waals surface area contributed by atoms with Crippen LogP contribution in [0.5, 0.6) is 0 Å². The SMILES string of the molecule is CC.CC.CC.CC.CC(C)(C)OC(=O)N1C(CI)C[C@@H]2CCCCC[C@H]21.CCC1C[C@@H]2CCCCC[C@H]2N1.[B].[B]. The van der Waals surface area contributed by atoms with Gasteiger partial charge >= 0.3 is 6.09 Å². The first kappa shape index (κ1) is 48.0. The lowest BCUT2D eigenvalue weighted by molar-refractivity contribution is 0.0143. The van der Waals surface area contributed by atoms with Gasteiger partial charge in [0.05, 0.1) is 0 Å². The third-order valence-corrected chi connectivity index (χ3v) is 8.93. The Labute approximate surface area is 276 Å². The van der Waals surface area contributed by atoms with Crippen LogP contribution in [0.2, 0.25) is 0 Å². The summed E-state index contributed by atoms with van der Waals surface area (Å²) in [5.41, 5.74) is -0.393. The molecule has 2 saturated carbocycles. The van der Waals surface area contributed by atoms with Crippen LogP contribution >= 0.6 is 22.6 Å². The quantitative estimate of drug-likeness (QED) is 0.178. The summed E-state index contributed by atoms with van der Waals surface area (Å²) in [6.07, 6.45) is 17.6. The molecule has 2 aliphatic heterocycles. The predicted molar refractivity (Wildman–Crippen MR) is 195 cm³/mol. The monoisotopic (exact) mass is 688 g/mol. The van der Waals surface area contributed by atoms with Crippen molar-refractivity contribution in [3.05, 3.63) is 0 Å². The van der Waals surface area contributed by atoms with Crippen molar-refractivity contribution in [3.8, 4) is 0 Å². The van der Waals surface area contributed by atoms with Crippen LogP contribution in [-0.2, 0) is 4.74 Å². The molecule has 2 saturated heterocycles. The molecule has 0 spiro atoms. The Balaban J connectivity index is -0.000000270. The molecule has 6 atom stereocenters. The topological polar surface area (TPSA) is 41.6 Å². The van der Waals surface area contributed by atoms with Crippen molar-refractivity contribution in [3.63, 3.8) is 0 Å². The van der Waals surface area contributed by atoms with Crippen molar-refractivity contribution in [2.45, 2.75) is 196 Å². The standard InChI is InChI=1S/C15H26INO2.C11H21N.4C2H6.2B/c1-15(2,3)19-14(18)17-12(10-16)9-11-7-5-4-6-8-13(11)17;1-2-10-8-9-6-4-3-5-7-11(9)12-10;4*1-2;;/h11-13H,4-10H2,1-3H3;9-12H,2-8H2,1H3;4*1-2H3;;/t11-,12?,13+;9-,10?,11+;;;;;;/m00....../s1. The van der Waals surface area contributed by atoms with Gasteiger partial charge in [-0.25, -0.2) is 4.79 Å². The second-order valence-electron chi connectivity index (χ2n) is 11.4. The van der Waals surface area contributed by atoms with Gasteiger partial charge in [-0.05, 0) is 77.6 Å². The van der Waals surface area contributed by atoms with Crippen molar-refractivity contribution in [2.75, 3.05) is 4.43 Å². The third-order valence-electron chi connectivity index (χ3n) is 7.92. The van der Waals surface area contributed by atoms with Gasteiger partial charge in [0.2, 0.25) is 0 Å². The number of hydrogen-bond acceptors (Lipinski definition) is 3. The average molecular weight is 688 g/mol. The first-order chi connectivity index (χ1) is 18.8. The summed E-state index contributed by atoms with van der Waals surface area (Å²) in [5, 5.41) is 3.78. The number of likely N-dealkylation sites (tertiary alicyclic amines) is 1. The van der Waals surface area contributed by atoms with Gasteiger partial charge in [0.25, 0.3) is 0 Å². The van der Waals surface area contributed by atoms with Crippen LogP contribution < -0.4 is 5.32 Å². The lowest BCUT2D eigenvalue weighted by atomic mass is 9.94. The zero-order chi connectivity index (χ0) is 30.4. The highest BCUT2D eigenvalue weighted by atomic mass is 127. The number of carbonyl (C=O) groups is 1. The number of ether oxygens (including phenoxy) is 1. The molecule has 242 valence electrons. The minimum Gasteiger partial charge on any atom is -0.444 e. The van der Waals surface area contributed by atoms with E-state index in [0.29, 0.717) is 18.0 Å². The van der Waals surface area contributed by atoms with E-state index in [9.17, 15) is 4.79 Å². The van der Waals surface area contributed by atoms with Gasteiger partial charge in [-0.1, -0.05) is 123 Å². The zero-order valence-electron chi connectivity index (χ0n) is 29.7. The first-order valence-corrected chi connectivity index (χ1v) is 18.7. The van der Waals surface area contributed by atoms with Crippen LogP contribution in [0.15, 0.2) is 0 Å². The van der Waals surface area contributed by atoms with E-state index in [1.807, 2.05) is 76.2 Å². The molecular weight excluding hydrogens is 617 g/mol. The number of alkyl halides is 1. The molecule has 1 N–H and O–H groups in total. The highest BCUT2D eigenvalue weighted by Crippen LogP contribution is 2.40. The van der Waals surface area contributed by atoms with Gasteiger partial charge in [0, 0.05) is 45.4 Å². The fraction of sp³-hybridized carbons (Fsp3) is 0.971. The number of carbonyl (C=O) groups excluding carboxylic acids is 1. The van der Waals surface area contributed by atoms with Crippen LogP contribution in [0, 0.1) is 11.8 Å². The molecule has 1 amide bonds. The molecular formula is C34H71B2IN2O2. The van der Waals surface area contributed by atoms with Gasteiger partial charge in [-0.15, -0.1) is 0 Å². The number of nitrogens with one attached hydrogen (secondary N) is 1. The first-order valence-electron chi connectivity index (χ1n) is 17.2. The maximum Gasteiger partial charge on any atom is 0.410 e. The van der Waals surface area contributed by atoms with E-state index in [0.717, 1.165) is 28.8 Å². The van der Waals surface area contributed by atoms with Crippen molar-refractivity contribution in [1.82, 2.24) is 10.2 Å².